The first-order valence-corrected chi connectivity index (χ1v) is 13.2. The van der Waals surface area contributed by atoms with E-state index in [4.69, 9.17) is 5.73 Å². The molecule has 0 fully saturated rings. The van der Waals surface area contributed by atoms with Crippen molar-refractivity contribution in [3.05, 3.63) is 99.1 Å². The summed E-state index contributed by atoms with van der Waals surface area (Å²) >= 11 is 0. The van der Waals surface area contributed by atoms with E-state index in [9.17, 15) is 49.4 Å². The van der Waals surface area contributed by atoms with Crippen LogP contribution in [0.4, 0.5) is 17.1 Å². The Morgan fingerprint density at radius 3 is 2.14 bits per heavy atom. The van der Waals surface area contributed by atoms with Gasteiger partial charge >= 0.3 is 17.8 Å². The summed E-state index contributed by atoms with van der Waals surface area (Å²) in [5.74, 6) is -6.01. The maximum atomic E-state index is 13.4. The van der Waals surface area contributed by atoms with Gasteiger partial charge in [0, 0.05) is 25.7 Å². The molecule has 3 amide bonds. The number of non-ortho nitro benzene ring substituents is 1. The fourth-order valence-electron chi connectivity index (χ4n) is 4.76. The lowest BCUT2D eigenvalue weighted by Crippen LogP contribution is -2.48. The summed E-state index contributed by atoms with van der Waals surface area (Å²) in [4.78, 5) is 74.4. The van der Waals surface area contributed by atoms with Crippen molar-refractivity contribution in [1.29, 1.82) is 0 Å². The van der Waals surface area contributed by atoms with Crippen LogP contribution in [-0.2, 0) is 32.0 Å². The molecule has 0 aromatic heterocycles. The number of anilines is 2. The van der Waals surface area contributed by atoms with Gasteiger partial charge in [-0.3, -0.25) is 34.3 Å². The van der Waals surface area contributed by atoms with Crippen LogP contribution < -0.4 is 10.6 Å². The van der Waals surface area contributed by atoms with E-state index in [2.05, 4.69) is 0 Å². The lowest BCUT2D eigenvalue weighted by Gasteiger charge is -2.29. The van der Waals surface area contributed by atoms with Crippen molar-refractivity contribution in [3.8, 4) is 0 Å². The van der Waals surface area contributed by atoms with Gasteiger partial charge in [0.1, 0.15) is 0 Å². The predicted octanol–water partition coefficient (Wildman–Crippen LogP) is 2.58. The fraction of sp³-hybridized carbons (Fsp3) is 0.233. The third kappa shape index (κ3) is 7.29. The average molecular weight is 607 g/mol. The molecule has 3 rings (SSSR count). The van der Waals surface area contributed by atoms with Gasteiger partial charge in [-0.1, -0.05) is 36.4 Å². The molecule has 0 aliphatic carbocycles. The molecule has 0 radical (unpaired) electrons. The van der Waals surface area contributed by atoms with Crippen molar-refractivity contribution >= 4 is 46.7 Å². The van der Waals surface area contributed by atoms with E-state index >= 15 is 0 Å². The van der Waals surface area contributed by atoms with Crippen LogP contribution in [-0.4, -0.2) is 67.5 Å². The zero-order valence-corrected chi connectivity index (χ0v) is 23.7. The first-order chi connectivity index (χ1) is 20.8. The first kappa shape index (κ1) is 33.0. The number of hydrogen-bond acceptors (Lipinski definition) is 9. The van der Waals surface area contributed by atoms with Gasteiger partial charge in [-0.05, 0) is 54.7 Å². The molecule has 5 N–H and O–H groups in total. The number of amides is 3. The van der Waals surface area contributed by atoms with Gasteiger partial charge < -0.3 is 21.1 Å². The number of nitrogens with two attached hydrogens (primary N) is 1. The number of para-hydroxylation sites is 1. The number of aliphatic carboxylic acids is 1. The Bertz CT molecular complexity index is 1610. The molecule has 3 aromatic rings. The second-order valence-electron chi connectivity index (χ2n) is 9.77. The Hall–Kier alpha value is -5.47. The minimum atomic E-state index is -1.84. The minimum absolute atomic E-state index is 0.000883. The quantitative estimate of drug-likeness (QED) is 0.141. The lowest BCUT2D eigenvalue weighted by molar-refractivity contribution is -0.384. The van der Waals surface area contributed by atoms with Crippen LogP contribution in [0, 0.1) is 10.1 Å². The molecule has 0 saturated carbocycles. The van der Waals surface area contributed by atoms with Crippen molar-refractivity contribution in [2.45, 2.75) is 38.8 Å². The van der Waals surface area contributed by atoms with E-state index in [1.807, 2.05) is 0 Å². The van der Waals surface area contributed by atoms with Crippen LogP contribution in [0.3, 0.4) is 0 Å². The Kier molecular flexibility index (Phi) is 10.6. The van der Waals surface area contributed by atoms with Gasteiger partial charge in [0.2, 0.25) is 11.8 Å². The number of benzene rings is 3. The molecule has 2 atom stereocenters. The zero-order chi connectivity index (χ0) is 32.7. The monoisotopic (exact) mass is 606 g/mol. The highest BCUT2D eigenvalue weighted by molar-refractivity contribution is 6.39. The summed E-state index contributed by atoms with van der Waals surface area (Å²) in [5, 5.41) is 39.9. The van der Waals surface area contributed by atoms with E-state index in [-0.39, 0.29) is 41.0 Å². The standard InChI is InChI=1S/C30H30N4O10/c1-17(20-8-10-22(11-9-20)34(43)44)32(18(2)36)27(37)24(31)16-19-7-12-25(21(15-19)13-14-35)33(28(38)30(41)42)26-6-4-3-5-23(26)29(39)40/h3-12,15,17,24,35H,13-14,16,31H2,1-2H3,(H,39,40)(H,41,42)/t17-,24?/m0/s1. The van der Waals surface area contributed by atoms with Crippen molar-refractivity contribution in [1.82, 2.24) is 4.90 Å². The summed E-state index contributed by atoms with van der Waals surface area (Å²) in [7, 11) is 0. The average Bonchev–Trinajstić information content (AvgIpc) is 2.98. The molecule has 0 heterocycles. The lowest BCUT2D eigenvalue weighted by atomic mass is 9.98. The number of aromatic carboxylic acids is 1. The maximum absolute atomic E-state index is 13.4. The molecular formula is C30H30N4O10. The molecule has 1 unspecified atom stereocenters. The van der Waals surface area contributed by atoms with Crippen LogP contribution in [0.5, 0.6) is 0 Å². The van der Waals surface area contributed by atoms with Crippen molar-refractivity contribution in [3.63, 3.8) is 0 Å². The van der Waals surface area contributed by atoms with Crippen LogP contribution >= 0.6 is 0 Å². The highest BCUT2D eigenvalue weighted by atomic mass is 16.6. The number of carbonyl (C=O) groups is 5. The number of imide groups is 1. The van der Waals surface area contributed by atoms with Crippen molar-refractivity contribution in [2.75, 3.05) is 11.5 Å². The van der Waals surface area contributed by atoms with E-state index < -0.39 is 53.3 Å². The minimum Gasteiger partial charge on any atom is -0.478 e. The van der Waals surface area contributed by atoms with Crippen LogP contribution in [0.25, 0.3) is 0 Å². The second-order valence-corrected chi connectivity index (χ2v) is 9.77. The number of carbonyl (C=O) groups excluding carboxylic acids is 3. The number of hydrogen-bond donors (Lipinski definition) is 4. The third-order valence-electron chi connectivity index (χ3n) is 6.85. The maximum Gasteiger partial charge on any atom is 0.395 e. The molecular weight excluding hydrogens is 576 g/mol. The smallest absolute Gasteiger partial charge is 0.395 e. The molecule has 44 heavy (non-hydrogen) atoms. The summed E-state index contributed by atoms with van der Waals surface area (Å²) in [6, 6.07) is 13.0. The molecule has 0 aliphatic rings. The van der Waals surface area contributed by atoms with Crippen LogP contribution in [0.15, 0.2) is 66.7 Å². The number of nitro groups is 1. The molecule has 14 heteroatoms. The van der Waals surface area contributed by atoms with Gasteiger partial charge in [0.05, 0.1) is 33.9 Å². The molecule has 0 aliphatic heterocycles. The molecule has 3 aromatic carbocycles. The summed E-state index contributed by atoms with van der Waals surface area (Å²) in [6.07, 6.45) is -0.172. The topological polar surface area (TPSA) is 222 Å². The number of rotatable bonds is 11. The van der Waals surface area contributed by atoms with Gasteiger partial charge in [0.15, 0.2) is 0 Å². The number of carboxylic acids is 2. The summed E-state index contributed by atoms with van der Waals surface area (Å²) in [5.41, 5.74) is 6.71. The Morgan fingerprint density at radius 2 is 1.59 bits per heavy atom. The van der Waals surface area contributed by atoms with E-state index in [0.29, 0.717) is 11.1 Å². The Labute approximate surface area is 251 Å². The molecule has 230 valence electrons. The summed E-state index contributed by atoms with van der Waals surface area (Å²) < 4.78 is 0. The molecule has 0 saturated heterocycles. The zero-order valence-electron chi connectivity index (χ0n) is 23.7. The van der Waals surface area contributed by atoms with Gasteiger partial charge in [-0.15, -0.1) is 0 Å². The van der Waals surface area contributed by atoms with Crippen LogP contribution in [0.2, 0.25) is 0 Å². The highest BCUT2D eigenvalue weighted by Gasteiger charge is 2.32. The highest BCUT2D eigenvalue weighted by Crippen LogP contribution is 2.33. The molecule has 0 spiro atoms. The van der Waals surface area contributed by atoms with Gasteiger partial charge in [-0.25, -0.2) is 9.59 Å². The fourth-order valence-corrected chi connectivity index (χ4v) is 4.76. The Morgan fingerprint density at radius 1 is 0.955 bits per heavy atom. The third-order valence-corrected chi connectivity index (χ3v) is 6.85. The number of carboxylic acid groups (broad SMARTS) is 2. The van der Waals surface area contributed by atoms with Crippen LogP contribution in [0.1, 0.15) is 46.9 Å². The second kappa shape index (κ2) is 14.1. The molecule has 14 nitrogen and oxygen atoms in total. The number of aliphatic hydroxyl groups is 1. The number of nitrogens with zero attached hydrogens (tertiary/aromatic N) is 3. The SMILES string of the molecule is CC(=O)N(C(=O)C(N)Cc1ccc(N(C(=O)C(=O)O)c2ccccc2C(=O)O)c(CCO)c1)[C@@H](C)c1ccc([N+](=O)[O-])cc1. The largest absolute Gasteiger partial charge is 0.478 e. The van der Waals surface area contributed by atoms with Crippen molar-refractivity contribution < 1.29 is 44.2 Å². The van der Waals surface area contributed by atoms with E-state index in [1.165, 1.54) is 73.7 Å². The van der Waals surface area contributed by atoms with Gasteiger partial charge in [0.25, 0.3) is 5.69 Å². The predicted molar refractivity (Wildman–Crippen MR) is 156 cm³/mol. The van der Waals surface area contributed by atoms with E-state index in [0.717, 1.165) is 9.80 Å². The number of nitro benzene ring substituents is 1. The number of aliphatic hydroxyl groups excluding tert-OH is 1. The summed E-state index contributed by atoms with van der Waals surface area (Å²) in [6.45, 7) is 2.34. The van der Waals surface area contributed by atoms with E-state index in [1.54, 1.807) is 6.92 Å². The first-order valence-electron chi connectivity index (χ1n) is 13.2. The Balaban J connectivity index is 1.97. The molecule has 0 bridgehead atoms. The van der Waals surface area contributed by atoms with Crippen molar-refractivity contribution in [2.24, 2.45) is 5.73 Å². The van der Waals surface area contributed by atoms with Gasteiger partial charge in [-0.2, -0.15) is 0 Å². The normalized spacial score (nSPS) is 12.1.